The fourth-order valence-electron chi connectivity index (χ4n) is 0.732. The molecule has 0 aliphatic carbocycles. The monoisotopic (exact) mass is 239 g/mol. The van der Waals surface area contributed by atoms with Crippen LogP contribution in [0.2, 0.25) is 0 Å². The highest BCUT2D eigenvalue weighted by Crippen LogP contribution is 2.03. The van der Waals surface area contributed by atoms with Crippen LogP contribution in [-0.2, 0) is 0 Å². The van der Waals surface area contributed by atoms with E-state index in [9.17, 15) is 0 Å². The maximum atomic E-state index is 5.38. The normalized spacial score (nSPS) is 14.6. The van der Waals surface area contributed by atoms with Gasteiger partial charge in [0.25, 0.3) is 0 Å². The van der Waals surface area contributed by atoms with E-state index in [1.165, 1.54) is 0 Å². The fraction of sp³-hybridized carbons (Fsp3) is 0.750. The molecule has 3 heteroatoms. The van der Waals surface area contributed by atoms with E-state index < -0.39 is 0 Å². The summed E-state index contributed by atoms with van der Waals surface area (Å²) in [6, 6.07) is 0.530. The zero-order valence-electron chi connectivity index (χ0n) is 6.98. The topological polar surface area (TPSA) is 12.0 Å². The van der Waals surface area contributed by atoms with Gasteiger partial charge >= 0.3 is 0 Å². The molecule has 0 heterocycles. The van der Waals surface area contributed by atoms with Gasteiger partial charge in [0.05, 0.1) is 0 Å². The molecular formula is C8H15BrClN. The molecular weight excluding hydrogens is 225 g/mol. The van der Waals surface area contributed by atoms with Crippen LogP contribution in [0.15, 0.2) is 11.6 Å². The number of nitrogens with one attached hydrogen (secondary N) is 1. The Bertz CT molecular complexity index is 115. The lowest BCUT2D eigenvalue weighted by atomic mass is 10.1. The van der Waals surface area contributed by atoms with Gasteiger partial charge in [0.15, 0.2) is 0 Å². The van der Waals surface area contributed by atoms with Gasteiger partial charge in [0.1, 0.15) is 0 Å². The van der Waals surface area contributed by atoms with Crippen molar-refractivity contribution in [1.29, 1.82) is 0 Å². The zero-order chi connectivity index (χ0) is 8.69. The van der Waals surface area contributed by atoms with E-state index in [1.807, 2.05) is 6.08 Å². The Labute approximate surface area is 82.3 Å². The van der Waals surface area contributed by atoms with E-state index in [0.29, 0.717) is 12.0 Å². The van der Waals surface area contributed by atoms with Crippen molar-refractivity contribution in [2.24, 2.45) is 5.92 Å². The average molecular weight is 241 g/mol. The van der Waals surface area contributed by atoms with Gasteiger partial charge in [0, 0.05) is 23.5 Å². The largest absolute Gasteiger partial charge is 0.309 e. The molecule has 0 aromatic heterocycles. The molecule has 0 amide bonds. The Kier molecular flexibility index (Phi) is 7.44. The third kappa shape index (κ3) is 5.71. The summed E-state index contributed by atoms with van der Waals surface area (Å²) < 4.78 is 0. The molecule has 0 rings (SSSR count). The summed E-state index contributed by atoms with van der Waals surface area (Å²) in [6.07, 6.45) is 1.90. The summed E-state index contributed by atoms with van der Waals surface area (Å²) in [5, 5.41) is 4.34. The molecule has 0 aliphatic heterocycles. The Morgan fingerprint density at radius 3 is 2.55 bits per heavy atom. The van der Waals surface area contributed by atoms with Crippen LogP contribution in [0, 0.1) is 5.92 Å². The third-order valence-electron chi connectivity index (χ3n) is 1.56. The van der Waals surface area contributed by atoms with Crippen molar-refractivity contribution < 1.29 is 0 Å². The molecule has 0 aromatic rings. The molecule has 1 N–H and O–H groups in total. The molecule has 0 bridgehead atoms. The van der Waals surface area contributed by atoms with Gasteiger partial charge in [-0.05, 0) is 5.92 Å². The smallest absolute Gasteiger partial charge is 0.0190 e. The van der Waals surface area contributed by atoms with Crippen LogP contribution >= 0.6 is 27.5 Å². The summed E-state index contributed by atoms with van der Waals surface area (Å²) in [6.45, 7) is 5.24. The van der Waals surface area contributed by atoms with E-state index in [0.717, 1.165) is 11.9 Å². The SMILES string of the molecule is CC(C)C(CBr)NC/C=C/Cl. The van der Waals surface area contributed by atoms with Crippen molar-refractivity contribution in [3.8, 4) is 0 Å². The van der Waals surface area contributed by atoms with Crippen LogP contribution in [0.3, 0.4) is 0 Å². The van der Waals surface area contributed by atoms with E-state index in [-0.39, 0.29) is 0 Å². The molecule has 0 spiro atoms. The first-order chi connectivity index (χ1) is 5.22. The lowest BCUT2D eigenvalue weighted by molar-refractivity contribution is 0.453. The van der Waals surface area contributed by atoms with Gasteiger partial charge in [-0.25, -0.2) is 0 Å². The van der Waals surface area contributed by atoms with E-state index in [1.54, 1.807) is 5.54 Å². The minimum absolute atomic E-state index is 0.530. The van der Waals surface area contributed by atoms with Crippen molar-refractivity contribution in [3.63, 3.8) is 0 Å². The van der Waals surface area contributed by atoms with Crippen molar-refractivity contribution in [2.75, 3.05) is 11.9 Å². The van der Waals surface area contributed by atoms with Crippen molar-refractivity contribution >= 4 is 27.5 Å². The minimum atomic E-state index is 0.530. The highest BCUT2D eigenvalue weighted by atomic mass is 79.9. The summed E-state index contributed by atoms with van der Waals surface area (Å²) in [4.78, 5) is 0. The van der Waals surface area contributed by atoms with Crippen LogP contribution < -0.4 is 5.32 Å². The predicted molar refractivity (Wildman–Crippen MR) is 55.4 cm³/mol. The molecule has 1 atom stereocenters. The van der Waals surface area contributed by atoms with Crippen LogP contribution in [-0.4, -0.2) is 17.9 Å². The van der Waals surface area contributed by atoms with E-state index >= 15 is 0 Å². The first-order valence-electron chi connectivity index (χ1n) is 3.77. The predicted octanol–water partition coefficient (Wildman–Crippen LogP) is 2.75. The second-order valence-electron chi connectivity index (χ2n) is 2.77. The number of hydrogen-bond acceptors (Lipinski definition) is 1. The Morgan fingerprint density at radius 1 is 1.55 bits per heavy atom. The molecule has 0 saturated carbocycles. The van der Waals surface area contributed by atoms with Gasteiger partial charge in [-0.3, -0.25) is 0 Å². The van der Waals surface area contributed by atoms with Gasteiger partial charge in [-0.1, -0.05) is 47.5 Å². The number of hydrogen-bond donors (Lipinski definition) is 1. The second-order valence-corrected chi connectivity index (χ2v) is 3.67. The summed E-state index contributed by atoms with van der Waals surface area (Å²) in [5.74, 6) is 0.651. The van der Waals surface area contributed by atoms with Gasteiger partial charge in [0.2, 0.25) is 0 Å². The first-order valence-corrected chi connectivity index (χ1v) is 5.32. The van der Waals surface area contributed by atoms with Crippen molar-refractivity contribution in [2.45, 2.75) is 19.9 Å². The lowest BCUT2D eigenvalue weighted by Crippen LogP contribution is -2.35. The van der Waals surface area contributed by atoms with E-state index in [2.05, 4.69) is 35.1 Å². The number of alkyl halides is 1. The second kappa shape index (κ2) is 7.14. The van der Waals surface area contributed by atoms with Crippen LogP contribution in [0.5, 0.6) is 0 Å². The van der Waals surface area contributed by atoms with Gasteiger partial charge < -0.3 is 5.32 Å². The van der Waals surface area contributed by atoms with Gasteiger partial charge in [-0.2, -0.15) is 0 Å². The maximum absolute atomic E-state index is 5.38. The highest BCUT2D eigenvalue weighted by molar-refractivity contribution is 9.09. The molecule has 11 heavy (non-hydrogen) atoms. The molecule has 1 nitrogen and oxygen atoms in total. The van der Waals surface area contributed by atoms with Crippen LogP contribution in [0.25, 0.3) is 0 Å². The summed E-state index contributed by atoms with van der Waals surface area (Å²) in [7, 11) is 0. The first kappa shape index (κ1) is 11.5. The Balaban J connectivity index is 3.52. The number of halogens is 2. The molecule has 0 aliphatic rings. The molecule has 0 radical (unpaired) electrons. The van der Waals surface area contributed by atoms with Crippen LogP contribution in [0.4, 0.5) is 0 Å². The lowest BCUT2D eigenvalue weighted by Gasteiger charge is -2.18. The van der Waals surface area contributed by atoms with Gasteiger partial charge in [-0.15, -0.1) is 0 Å². The van der Waals surface area contributed by atoms with Crippen molar-refractivity contribution in [3.05, 3.63) is 11.6 Å². The van der Waals surface area contributed by atoms with E-state index in [4.69, 9.17) is 11.6 Å². The third-order valence-corrected chi connectivity index (χ3v) is 2.43. The number of rotatable bonds is 5. The molecule has 0 aromatic carbocycles. The molecule has 0 saturated heterocycles. The van der Waals surface area contributed by atoms with Crippen LogP contribution in [0.1, 0.15) is 13.8 Å². The fourth-order valence-corrected chi connectivity index (χ4v) is 1.80. The Morgan fingerprint density at radius 2 is 2.18 bits per heavy atom. The minimum Gasteiger partial charge on any atom is -0.309 e. The molecule has 0 fully saturated rings. The molecule has 66 valence electrons. The zero-order valence-corrected chi connectivity index (χ0v) is 9.32. The quantitative estimate of drug-likeness (QED) is 0.729. The standard InChI is InChI=1S/C8H15BrClN/c1-7(2)8(6-9)11-5-3-4-10/h3-4,7-8,11H,5-6H2,1-2H3/b4-3+. The highest BCUT2D eigenvalue weighted by Gasteiger charge is 2.08. The van der Waals surface area contributed by atoms with Crippen molar-refractivity contribution in [1.82, 2.24) is 5.32 Å². The molecule has 1 unspecified atom stereocenters. The summed E-state index contributed by atoms with van der Waals surface area (Å²) in [5.41, 5.74) is 1.54. The summed E-state index contributed by atoms with van der Waals surface area (Å²) >= 11 is 8.82. The maximum Gasteiger partial charge on any atom is 0.0190 e. The average Bonchev–Trinajstić information content (AvgIpc) is 1.97. The Hall–Kier alpha value is 0.470.